The van der Waals surface area contributed by atoms with E-state index in [-0.39, 0.29) is 6.61 Å². The van der Waals surface area contributed by atoms with Gasteiger partial charge in [-0.15, -0.1) is 0 Å². The molecule has 0 aliphatic carbocycles. The van der Waals surface area contributed by atoms with Gasteiger partial charge in [-0.25, -0.2) is 11.0 Å². The van der Waals surface area contributed by atoms with Crippen molar-refractivity contribution in [3.63, 3.8) is 0 Å². The zero-order chi connectivity index (χ0) is 6.41. The SMILES string of the molecule is CNN/N=C(/C)CO. The normalized spacial score (nSPS) is 11.6. The van der Waals surface area contributed by atoms with Gasteiger partial charge in [0.15, 0.2) is 0 Å². The van der Waals surface area contributed by atoms with Crippen LogP contribution in [0.15, 0.2) is 5.10 Å². The molecule has 0 fully saturated rings. The zero-order valence-electron chi connectivity index (χ0n) is 5.10. The van der Waals surface area contributed by atoms with Crippen LogP contribution in [0.1, 0.15) is 6.92 Å². The Balaban J connectivity index is 3.26. The van der Waals surface area contributed by atoms with Crippen molar-refractivity contribution in [1.29, 1.82) is 0 Å². The van der Waals surface area contributed by atoms with Crippen molar-refractivity contribution in [3.8, 4) is 0 Å². The van der Waals surface area contributed by atoms with Gasteiger partial charge in [0.05, 0.1) is 12.3 Å². The lowest BCUT2D eigenvalue weighted by Crippen LogP contribution is -2.23. The highest BCUT2D eigenvalue weighted by atomic mass is 16.3. The third-order valence-corrected chi connectivity index (χ3v) is 0.587. The van der Waals surface area contributed by atoms with Gasteiger partial charge in [-0.2, -0.15) is 5.10 Å². The molecule has 0 atom stereocenters. The summed E-state index contributed by atoms with van der Waals surface area (Å²) < 4.78 is 0. The number of hydrazine groups is 1. The van der Waals surface area contributed by atoms with E-state index in [1.165, 1.54) is 0 Å². The summed E-state index contributed by atoms with van der Waals surface area (Å²) >= 11 is 0. The van der Waals surface area contributed by atoms with Crippen LogP contribution in [-0.4, -0.2) is 24.5 Å². The van der Waals surface area contributed by atoms with E-state index >= 15 is 0 Å². The summed E-state index contributed by atoms with van der Waals surface area (Å²) in [5.74, 6) is 0. The van der Waals surface area contributed by atoms with Gasteiger partial charge in [-0.3, -0.25) is 0 Å². The fourth-order valence-corrected chi connectivity index (χ4v) is 0.187. The second-order valence-electron chi connectivity index (χ2n) is 1.37. The summed E-state index contributed by atoms with van der Waals surface area (Å²) in [6.45, 7) is 1.72. The van der Waals surface area contributed by atoms with Gasteiger partial charge in [0.2, 0.25) is 0 Å². The monoisotopic (exact) mass is 117 g/mol. The highest BCUT2D eigenvalue weighted by Gasteiger charge is 1.81. The number of hydrazone groups is 1. The van der Waals surface area contributed by atoms with Gasteiger partial charge in [0.25, 0.3) is 0 Å². The smallest absolute Gasteiger partial charge is 0.0829 e. The van der Waals surface area contributed by atoms with Crippen molar-refractivity contribution >= 4 is 5.71 Å². The molecule has 48 valence electrons. The van der Waals surface area contributed by atoms with E-state index in [2.05, 4.69) is 16.1 Å². The van der Waals surface area contributed by atoms with Crippen molar-refractivity contribution in [2.45, 2.75) is 6.92 Å². The second kappa shape index (κ2) is 4.55. The number of aliphatic hydroxyl groups is 1. The fourth-order valence-electron chi connectivity index (χ4n) is 0.187. The van der Waals surface area contributed by atoms with E-state index in [4.69, 9.17) is 5.11 Å². The Morgan fingerprint density at radius 2 is 2.38 bits per heavy atom. The molecule has 0 saturated carbocycles. The van der Waals surface area contributed by atoms with Gasteiger partial charge in [-0.1, -0.05) is 0 Å². The van der Waals surface area contributed by atoms with Crippen molar-refractivity contribution < 1.29 is 5.11 Å². The first kappa shape index (κ1) is 7.39. The van der Waals surface area contributed by atoms with Crippen LogP contribution < -0.4 is 11.0 Å². The summed E-state index contributed by atoms with van der Waals surface area (Å²) in [6, 6.07) is 0. The molecule has 0 bridgehead atoms. The summed E-state index contributed by atoms with van der Waals surface area (Å²) in [5.41, 5.74) is 5.71. The molecule has 0 spiro atoms. The average molecular weight is 117 g/mol. The predicted molar refractivity (Wildman–Crippen MR) is 32.4 cm³/mol. The molecule has 0 aromatic heterocycles. The molecule has 0 saturated heterocycles. The number of nitrogens with one attached hydrogen (secondary N) is 2. The number of hydrogen-bond donors (Lipinski definition) is 3. The van der Waals surface area contributed by atoms with E-state index in [0.29, 0.717) is 5.71 Å². The molecule has 4 nitrogen and oxygen atoms in total. The minimum Gasteiger partial charge on any atom is -0.390 e. The summed E-state index contributed by atoms with van der Waals surface area (Å²) in [5, 5.41) is 12.0. The molecule has 0 aromatic carbocycles. The van der Waals surface area contributed by atoms with Crippen LogP contribution in [0, 0.1) is 0 Å². The van der Waals surface area contributed by atoms with E-state index in [0.717, 1.165) is 0 Å². The standard InChI is InChI=1S/C4H11N3O/c1-4(3-8)6-7-5-2/h5,7-8H,3H2,1-2H3/b6-4-. The molecule has 0 unspecified atom stereocenters. The molecule has 0 amide bonds. The molecule has 8 heavy (non-hydrogen) atoms. The second-order valence-corrected chi connectivity index (χ2v) is 1.37. The first-order chi connectivity index (χ1) is 3.81. The maximum absolute atomic E-state index is 8.36. The van der Waals surface area contributed by atoms with Crippen LogP contribution in [-0.2, 0) is 0 Å². The van der Waals surface area contributed by atoms with Gasteiger partial charge < -0.3 is 5.11 Å². The highest BCUT2D eigenvalue weighted by Crippen LogP contribution is 1.66. The minimum atomic E-state index is -0.00528. The maximum Gasteiger partial charge on any atom is 0.0829 e. The van der Waals surface area contributed by atoms with Gasteiger partial charge >= 0.3 is 0 Å². The molecule has 3 N–H and O–H groups in total. The Hall–Kier alpha value is -0.610. The van der Waals surface area contributed by atoms with E-state index < -0.39 is 0 Å². The number of nitrogens with zero attached hydrogens (tertiary/aromatic N) is 1. The lowest BCUT2D eigenvalue weighted by Gasteiger charge is -1.95. The Morgan fingerprint density at radius 1 is 1.75 bits per heavy atom. The van der Waals surface area contributed by atoms with Crippen LogP contribution >= 0.6 is 0 Å². The van der Waals surface area contributed by atoms with E-state index in [9.17, 15) is 0 Å². The summed E-state index contributed by atoms with van der Waals surface area (Å²) in [6.07, 6.45) is 0. The molecule has 0 heterocycles. The van der Waals surface area contributed by atoms with Crippen LogP contribution in [0.25, 0.3) is 0 Å². The van der Waals surface area contributed by atoms with Gasteiger partial charge in [-0.05, 0) is 6.92 Å². The van der Waals surface area contributed by atoms with Crippen LogP contribution in [0.5, 0.6) is 0 Å². The molecule has 0 radical (unpaired) electrons. The largest absolute Gasteiger partial charge is 0.390 e. The molecular formula is C4H11N3O. The van der Waals surface area contributed by atoms with Gasteiger partial charge in [0, 0.05) is 7.05 Å². The lowest BCUT2D eigenvalue weighted by molar-refractivity contribution is 0.355. The Bertz CT molecular complexity index is 81.4. The molecule has 0 aliphatic heterocycles. The Morgan fingerprint density at radius 3 is 2.75 bits per heavy atom. The van der Waals surface area contributed by atoms with Crippen molar-refractivity contribution in [2.75, 3.05) is 13.7 Å². The van der Waals surface area contributed by atoms with Crippen LogP contribution in [0.2, 0.25) is 0 Å². The van der Waals surface area contributed by atoms with Crippen LogP contribution in [0.4, 0.5) is 0 Å². The summed E-state index contributed by atoms with van der Waals surface area (Å²) in [7, 11) is 1.70. The van der Waals surface area contributed by atoms with Gasteiger partial charge in [0.1, 0.15) is 0 Å². The topological polar surface area (TPSA) is 56.7 Å². The third kappa shape index (κ3) is 3.58. The first-order valence-corrected chi connectivity index (χ1v) is 2.37. The third-order valence-electron chi connectivity index (χ3n) is 0.587. The molecular weight excluding hydrogens is 106 g/mol. The molecule has 4 heteroatoms. The molecule has 0 aromatic rings. The quantitative estimate of drug-likeness (QED) is 0.331. The minimum absolute atomic E-state index is 0.00528. The number of rotatable bonds is 3. The van der Waals surface area contributed by atoms with E-state index in [1.807, 2.05) is 0 Å². The number of hydrogen-bond acceptors (Lipinski definition) is 4. The number of aliphatic hydroxyl groups excluding tert-OH is 1. The first-order valence-electron chi connectivity index (χ1n) is 2.37. The fraction of sp³-hybridized carbons (Fsp3) is 0.750. The molecule has 0 rings (SSSR count). The predicted octanol–water partition coefficient (Wildman–Crippen LogP) is -0.921. The van der Waals surface area contributed by atoms with Crippen molar-refractivity contribution in [1.82, 2.24) is 11.0 Å². The van der Waals surface area contributed by atoms with Crippen molar-refractivity contribution in [2.24, 2.45) is 5.10 Å². The van der Waals surface area contributed by atoms with Crippen LogP contribution in [0.3, 0.4) is 0 Å². The highest BCUT2D eigenvalue weighted by molar-refractivity contribution is 5.82. The maximum atomic E-state index is 8.36. The Labute approximate surface area is 48.6 Å². The average Bonchev–Trinajstić information content (AvgIpc) is 1.83. The lowest BCUT2D eigenvalue weighted by atomic mass is 10.5. The molecule has 0 aliphatic rings. The van der Waals surface area contributed by atoms with E-state index in [1.54, 1.807) is 14.0 Å². The van der Waals surface area contributed by atoms with Crippen molar-refractivity contribution in [3.05, 3.63) is 0 Å². The summed E-state index contributed by atoms with van der Waals surface area (Å²) in [4.78, 5) is 0. The zero-order valence-corrected chi connectivity index (χ0v) is 5.10. The Kier molecular flexibility index (Phi) is 4.20.